The van der Waals surface area contributed by atoms with E-state index in [1.165, 1.54) is 47.9 Å². The summed E-state index contributed by atoms with van der Waals surface area (Å²) in [5.74, 6) is 1.31. The van der Waals surface area contributed by atoms with Crippen LogP contribution in [0.15, 0.2) is 36.7 Å². The van der Waals surface area contributed by atoms with E-state index < -0.39 is 0 Å². The zero-order chi connectivity index (χ0) is 26.5. The van der Waals surface area contributed by atoms with Crippen molar-refractivity contribution in [3.63, 3.8) is 0 Å². The predicted molar refractivity (Wildman–Crippen MR) is 155 cm³/mol. The molecule has 208 valence electrons. The Kier molecular flexibility index (Phi) is 9.73. The van der Waals surface area contributed by atoms with Crippen LogP contribution in [0.3, 0.4) is 0 Å². The highest BCUT2D eigenvalue weighted by molar-refractivity contribution is 7.98. The van der Waals surface area contributed by atoms with Crippen molar-refractivity contribution < 1.29 is 4.74 Å². The molecule has 5 unspecified atom stereocenters. The molecule has 6 atom stereocenters. The van der Waals surface area contributed by atoms with E-state index >= 15 is 0 Å². The van der Waals surface area contributed by atoms with E-state index in [0.717, 1.165) is 32.5 Å². The van der Waals surface area contributed by atoms with E-state index in [-0.39, 0.29) is 18.6 Å². The smallest absolute Gasteiger partial charge is 0.123 e. The Morgan fingerprint density at radius 2 is 1.92 bits per heavy atom. The molecule has 5 rings (SSSR count). The number of aromatic nitrogens is 2. The lowest BCUT2D eigenvalue weighted by atomic mass is 9.87. The van der Waals surface area contributed by atoms with Crippen molar-refractivity contribution in [2.24, 2.45) is 11.8 Å². The van der Waals surface area contributed by atoms with E-state index in [9.17, 15) is 0 Å². The van der Waals surface area contributed by atoms with Crippen molar-refractivity contribution in [1.82, 2.24) is 30.5 Å². The summed E-state index contributed by atoms with van der Waals surface area (Å²) in [5.41, 5.74) is 5.33. The summed E-state index contributed by atoms with van der Waals surface area (Å²) in [6, 6.07) is 9.33. The van der Waals surface area contributed by atoms with Crippen LogP contribution in [0.5, 0.6) is 0 Å². The lowest BCUT2D eigenvalue weighted by Crippen LogP contribution is -2.61. The Bertz CT molecular complexity index is 1000. The Morgan fingerprint density at radius 1 is 1.08 bits per heavy atom. The highest BCUT2D eigenvalue weighted by Crippen LogP contribution is 2.34. The Morgan fingerprint density at radius 3 is 2.68 bits per heavy atom. The Balaban J connectivity index is 1.41. The standard InChI is InChI=1S/C30H46N6OS/c1-20(2)13-25-19-37-28-15-27(29-21(3)7-5-8-22(29)4)33-30(34-28)35-38-26-10-6-9-23(14-26)17-36(25)18-24-11-12-31-32-16-24/h5,7-8,11-12,16,20,23,25-28,30,33-35H,6,9-10,13-15,17-19H2,1-4H3/t23?,25-,26?,27?,28?,30?/m1/s1. The summed E-state index contributed by atoms with van der Waals surface area (Å²) in [5, 5.41) is 16.4. The first-order valence-corrected chi connectivity index (χ1v) is 15.4. The summed E-state index contributed by atoms with van der Waals surface area (Å²) in [7, 11) is 0. The van der Waals surface area contributed by atoms with Gasteiger partial charge in [-0.05, 0) is 79.7 Å². The second-order valence-electron chi connectivity index (χ2n) is 12.0. The first-order chi connectivity index (χ1) is 18.4. The molecule has 1 aromatic carbocycles. The minimum absolute atomic E-state index is 0.00595. The molecule has 0 spiro atoms. The van der Waals surface area contributed by atoms with E-state index in [4.69, 9.17) is 4.74 Å². The zero-order valence-corrected chi connectivity index (χ0v) is 24.3. The molecule has 2 aromatic rings. The maximum Gasteiger partial charge on any atom is 0.123 e. The van der Waals surface area contributed by atoms with Gasteiger partial charge in [0.2, 0.25) is 0 Å². The number of hydrogen-bond acceptors (Lipinski definition) is 8. The zero-order valence-electron chi connectivity index (χ0n) is 23.5. The number of aryl methyl sites for hydroxylation is 2. The van der Waals surface area contributed by atoms with Crippen LogP contribution in [0.2, 0.25) is 0 Å². The van der Waals surface area contributed by atoms with E-state index in [1.54, 1.807) is 0 Å². The van der Waals surface area contributed by atoms with Crippen LogP contribution in [0.1, 0.15) is 80.7 Å². The lowest BCUT2D eigenvalue weighted by molar-refractivity contribution is -0.0482. The van der Waals surface area contributed by atoms with Crippen LogP contribution >= 0.6 is 11.9 Å². The van der Waals surface area contributed by atoms with Gasteiger partial charge < -0.3 is 4.74 Å². The van der Waals surface area contributed by atoms with Gasteiger partial charge in [-0.3, -0.25) is 15.5 Å². The number of nitrogens with zero attached hydrogens (tertiary/aromatic N) is 3. The van der Waals surface area contributed by atoms with Crippen molar-refractivity contribution in [3.8, 4) is 0 Å². The average molecular weight is 539 g/mol. The fourth-order valence-electron chi connectivity index (χ4n) is 6.64. The predicted octanol–water partition coefficient (Wildman–Crippen LogP) is 5.07. The highest BCUT2D eigenvalue weighted by Gasteiger charge is 2.34. The summed E-state index contributed by atoms with van der Waals surface area (Å²) >= 11 is 1.92. The van der Waals surface area contributed by atoms with Crippen molar-refractivity contribution in [3.05, 3.63) is 58.9 Å². The van der Waals surface area contributed by atoms with Gasteiger partial charge in [0.05, 0.1) is 12.8 Å². The number of nitrogens with one attached hydrogen (secondary N) is 3. The molecular formula is C30H46N6OS. The van der Waals surface area contributed by atoms with Gasteiger partial charge in [-0.2, -0.15) is 10.2 Å². The quantitative estimate of drug-likeness (QED) is 0.456. The molecule has 8 heteroatoms. The second-order valence-corrected chi connectivity index (χ2v) is 13.2. The van der Waals surface area contributed by atoms with Gasteiger partial charge in [0, 0.05) is 43.0 Å². The van der Waals surface area contributed by atoms with Crippen molar-refractivity contribution >= 4 is 11.9 Å². The molecule has 7 nitrogen and oxygen atoms in total. The Labute approximate surface area is 233 Å². The Hall–Kier alpha value is -1.55. The molecule has 3 fully saturated rings. The first kappa shape index (κ1) is 28.0. The number of hydrogen-bond donors (Lipinski definition) is 3. The molecule has 1 aliphatic carbocycles. The maximum absolute atomic E-state index is 6.78. The van der Waals surface area contributed by atoms with Crippen LogP contribution in [0.4, 0.5) is 0 Å². The van der Waals surface area contributed by atoms with Gasteiger partial charge in [0.15, 0.2) is 0 Å². The summed E-state index contributed by atoms with van der Waals surface area (Å²) in [4.78, 5) is 2.70. The molecule has 0 radical (unpaired) electrons. The van der Waals surface area contributed by atoms with Gasteiger partial charge in [-0.1, -0.05) is 50.4 Å². The van der Waals surface area contributed by atoms with Crippen LogP contribution in [0, 0.1) is 25.7 Å². The fraction of sp³-hybridized carbons (Fsp3) is 0.667. The normalized spacial score (nSPS) is 31.3. The summed E-state index contributed by atoms with van der Waals surface area (Å²) in [6.07, 6.45) is 10.9. The van der Waals surface area contributed by atoms with Crippen LogP contribution in [0.25, 0.3) is 0 Å². The molecular weight excluding hydrogens is 492 g/mol. The monoisotopic (exact) mass is 538 g/mol. The largest absolute Gasteiger partial charge is 0.362 e. The first-order valence-electron chi connectivity index (χ1n) is 14.5. The molecule has 1 saturated carbocycles. The van der Waals surface area contributed by atoms with Crippen LogP contribution in [-0.4, -0.2) is 52.1 Å². The molecule has 3 aliphatic rings. The van der Waals surface area contributed by atoms with Gasteiger partial charge >= 0.3 is 0 Å². The number of fused-ring (bicyclic) bond motifs is 4. The molecule has 38 heavy (non-hydrogen) atoms. The summed E-state index contributed by atoms with van der Waals surface area (Å²) < 4.78 is 10.5. The van der Waals surface area contributed by atoms with Gasteiger partial charge in [0.25, 0.3) is 0 Å². The highest BCUT2D eigenvalue weighted by atomic mass is 32.2. The molecule has 2 saturated heterocycles. The number of benzene rings is 1. The molecule has 2 aliphatic heterocycles. The minimum Gasteiger partial charge on any atom is -0.362 e. The van der Waals surface area contributed by atoms with E-state index in [2.05, 4.69) is 82.4 Å². The van der Waals surface area contributed by atoms with Crippen LogP contribution in [-0.2, 0) is 11.3 Å². The fourth-order valence-corrected chi connectivity index (χ4v) is 7.76. The second kappa shape index (κ2) is 13.2. The molecule has 3 N–H and O–H groups in total. The van der Waals surface area contributed by atoms with E-state index in [1.807, 2.05) is 24.3 Å². The average Bonchev–Trinajstić information content (AvgIpc) is 2.90. The third-order valence-electron chi connectivity index (χ3n) is 8.42. The third kappa shape index (κ3) is 7.34. The SMILES string of the molecule is Cc1cccc(C)c1C1CC2NC(NSC3CCCC(C3)CN(Cc3ccnnc3)[C@H](CC(C)C)CO2)N1. The number of ether oxygens (including phenoxy) is 1. The maximum atomic E-state index is 6.78. The molecule has 0 amide bonds. The molecule has 4 bridgehead atoms. The summed E-state index contributed by atoms with van der Waals surface area (Å²) in [6.45, 7) is 11.9. The minimum atomic E-state index is -0.0161. The van der Waals surface area contributed by atoms with Crippen molar-refractivity contribution in [2.45, 2.75) is 103 Å². The van der Waals surface area contributed by atoms with Crippen LogP contribution < -0.4 is 15.4 Å². The van der Waals surface area contributed by atoms with Crippen molar-refractivity contribution in [2.75, 3.05) is 13.2 Å². The number of rotatable bonds is 5. The molecule has 3 heterocycles. The molecule has 1 aromatic heterocycles. The van der Waals surface area contributed by atoms with Gasteiger partial charge in [-0.15, -0.1) is 0 Å². The van der Waals surface area contributed by atoms with E-state index in [0.29, 0.717) is 23.1 Å². The van der Waals surface area contributed by atoms with Crippen molar-refractivity contribution in [1.29, 1.82) is 0 Å². The van der Waals surface area contributed by atoms with Gasteiger partial charge in [0.1, 0.15) is 12.5 Å². The van der Waals surface area contributed by atoms with Gasteiger partial charge in [-0.25, -0.2) is 4.72 Å². The third-order valence-corrected chi connectivity index (χ3v) is 9.55. The topological polar surface area (TPSA) is 74.3 Å². The lowest BCUT2D eigenvalue weighted by Gasteiger charge is -2.40.